The highest BCUT2D eigenvalue weighted by Crippen LogP contribution is 2.27. The maximum absolute atomic E-state index is 11.0. The van der Waals surface area contributed by atoms with E-state index in [2.05, 4.69) is 0 Å². The van der Waals surface area contributed by atoms with E-state index in [0.29, 0.717) is 0 Å². The third kappa shape index (κ3) is 13.8. The molecule has 0 saturated carbocycles. The molecule has 3 unspecified atom stereocenters. The second-order valence-corrected chi connectivity index (χ2v) is 19.9. The van der Waals surface area contributed by atoms with Gasteiger partial charge in [0.1, 0.15) is 0 Å². The van der Waals surface area contributed by atoms with E-state index in [9.17, 15) is 33.6 Å². The van der Waals surface area contributed by atoms with E-state index in [-0.39, 0.29) is 57.0 Å². The fourth-order valence-electron chi connectivity index (χ4n) is 2.45. The molecule has 0 aliphatic carbocycles. The van der Waals surface area contributed by atoms with E-state index < -0.39 is 44.0 Å². The van der Waals surface area contributed by atoms with Crippen LogP contribution in [0.1, 0.15) is 19.3 Å². The summed E-state index contributed by atoms with van der Waals surface area (Å²) in [4.78, 5) is 71.6. The summed E-state index contributed by atoms with van der Waals surface area (Å²) in [6, 6.07) is -0.647. The lowest BCUT2D eigenvalue weighted by molar-refractivity contribution is 0.101. The van der Waals surface area contributed by atoms with Gasteiger partial charge in [0.25, 0.3) is 0 Å². The maximum Gasteiger partial charge on any atom is 0.488 e. The highest BCUT2D eigenvalue weighted by molar-refractivity contribution is 6.83. The Morgan fingerprint density at radius 2 is 0.967 bits per heavy atom. The van der Waals surface area contributed by atoms with Crippen LogP contribution < -0.4 is 17.2 Å². The molecule has 182 valence electrons. The minimum atomic E-state index is -4.49. The summed E-state index contributed by atoms with van der Waals surface area (Å²) in [7, 11) is -21.9. The summed E-state index contributed by atoms with van der Waals surface area (Å²) in [6.45, 7) is 2.43. The summed E-state index contributed by atoms with van der Waals surface area (Å²) in [5, 5.41) is 0. The Balaban J connectivity index is 5.61. The molecule has 0 rings (SSSR count). The number of nitrogens with two attached hydrogens (primary N) is 3. The molecule has 0 radical (unpaired) electrons. The van der Waals surface area contributed by atoms with Crippen molar-refractivity contribution in [2.75, 3.05) is 19.6 Å². The lowest BCUT2D eigenvalue weighted by Gasteiger charge is -2.38. The fraction of sp³-hybridized carbons (Fsp3) is 1.00. The lowest BCUT2D eigenvalue weighted by atomic mass is 10.5. The molecule has 0 aromatic carbocycles. The topological polar surface area (TPSA) is 257 Å². The summed E-state index contributed by atoms with van der Waals surface area (Å²) in [6.07, 6.45) is 0.571. The van der Waals surface area contributed by atoms with Crippen LogP contribution in [0.25, 0.3) is 0 Å². The zero-order valence-corrected chi connectivity index (χ0v) is 22.4. The van der Waals surface area contributed by atoms with Crippen LogP contribution in [0.15, 0.2) is 0 Å². The van der Waals surface area contributed by atoms with Crippen LogP contribution in [0.3, 0.4) is 0 Å². The average molecular weight is 528 g/mol. The van der Waals surface area contributed by atoms with Gasteiger partial charge in [-0.05, 0) is 38.9 Å². The molecule has 14 nitrogen and oxygen atoms in total. The summed E-state index contributed by atoms with van der Waals surface area (Å²) >= 11 is 0. The van der Waals surface area contributed by atoms with E-state index in [1.807, 2.05) is 0 Å². The predicted octanol–water partition coefficient (Wildman–Crippen LogP) is -4.00. The molecule has 0 aromatic heterocycles. The molecule has 0 bridgehead atoms. The molecular formula is C11H37N3O11Si5. The maximum atomic E-state index is 11.0. The SMILES string of the molecule is C[Si](O)(O)O[Si](O)(CCCN)O[Si](O)(CCCN)O[Si](C)(O)O[Si](O)(O)CCCN. The van der Waals surface area contributed by atoms with Crippen LogP contribution in [-0.4, -0.2) is 97.2 Å². The molecule has 0 saturated heterocycles. The first-order chi connectivity index (χ1) is 13.5. The molecule has 19 heteroatoms. The fourth-order valence-corrected chi connectivity index (χ4v) is 17.3. The van der Waals surface area contributed by atoms with Gasteiger partial charge in [-0.2, -0.15) is 0 Å². The van der Waals surface area contributed by atoms with Crippen molar-refractivity contribution in [3.63, 3.8) is 0 Å². The zero-order valence-electron chi connectivity index (χ0n) is 17.4. The lowest BCUT2D eigenvalue weighted by Crippen LogP contribution is -2.65. The van der Waals surface area contributed by atoms with Crippen LogP contribution in [-0.2, 0) is 16.5 Å². The van der Waals surface area contributed by atoms with Crippen LogP contribution >= 0.6 is 0 Å². The number of hydrogen-bond donors (Lipinski definition) is 10. The molecule has 3 atom stereocenters. The smallest absolute Gasteiger partial charge is 0.391 e. The van der Waals surface area contributed by atoms with E-state index in [1.54, 1.807) is 0 Å². The van der Waals surface area contributed by atoms with Crippen molar-refractivity contribution in [2.45, 2.75) is 50.5 Å². The van der Waals surface area contributed by atoms with Gasteiger partial charge in [0.05, 0.1) is 0 Å². The molecule has 0 heterocycles. The Labute approximate surface area is 181 Å². The summed E-state index contributed by atoms with van der Waals surface area (Å²) in [5.74, 6) is 0. The van der Waals surface area contributed by atoms with Crippen LogP contribution in [0.5, 0.6) is 0 Å². The van der Waals surface area contributed by atoms with Gasteiger partial charge >= 0.3 is 44.0 Å². The van der Waals surface area contributed by atoms with E-state index >= 15 is 0 Å². The molecule has 0 aliphatic heterocycles. The molecular weight excluding hydrogens is 491 g/mol. The van der Waals surface area contributed by atoms with Gasteiger partial charge in [0.15, 0.2) is 0 Å². The number of hydrogen-bond acceptors (Lipinski definition) is 14. The standard InChI is InChI=1S/C11H37N3O11Si5/c1-26(15,16)22-29(20,10-4-7-13)25-30(21,11-5-8-14)24-27(2,17)23-28(18,19)9-3-6-12/h15-21H,3-14H2,1-2H3. The second-order valence-electron chi connectivity index (χ2n) is 7.09. The quantitative estimate of drug-likeness (QED) is 0.0808. The molecule has 0 aromatic rings. The second kappa shape index (κ2) is 12.7. The van der Waals surface area contributed by atoms with Crippen LogP contribution in [0, 0.1) is 0 Å². The Hall–Kier alpha value is 0.524. The normalized spacial score (nSPS) is 19.2. The summed E-state index contributed by atoms with van der Waals surface area (Å²) < 4.78 is 20.7. The molecule has 0 aliphatic rings. The Bertz CT molecular complexity index is 504. The third-order valence-corrected chi connectivity index (χ3v) is 17.4. The van der Waals surface area contributed by atoms with Crippen molar-refractivity contribution in [1.82, 2.24) is 0 Å². The van der Waals surface area contributed by atoms with Gasteiger partial charge in [0.2, 0.25) is 0 Å². The van der Waals surface area contributed by atoms with Crippen LogP contribution in [0.2, 0.25) is 31.2 Å². The predicted molar refractivity (Wildman–Crippen MR) is 116 cm³/mol. The third-order valence-electron chi connectivity index (χ3n) is 3.47. The Morgan fingerprint density at radius 1 is 0.567 bits per heavy atom. The van der Waals surface area contributed by atoms with Gasteiger partial charge in [-0.3, -0.25) is 0 Å². The first kappa shape index (κ1) is 30.5. The first-order valence-electron chi connectivity index (χ1n) is 9.48. The van der Waals surface area contributed by atoms with Gasteiger partial charge in [0, 0.05) is 31.2 Å². The largest absolute Gasteiger partial charge is 0.488 e. The Kier molecular flexibility index (Phi) is 12.9. The summed E-state index contributed by atoms with van der Waals surface area (Å²) in [5.41, 5.74) is 16.2. The molecule has 0 amide bonds. The molecule has 0 fully saturated rings. The minimum absolute atomic E-state index is 0.109. The van der Waals surface area contributed by atoms with Crippen molar-refractivity contribution in [2.24, 2.45) is 17.2 Å². The van der Waals surface area contributed by atoms with Crippen molar-refractivity contribution >= 4 is 44.0 Å². The average Bonchev–Trinajstić information content (AvgIpc) is 2.53. The van der Waals surface area contributed by atoms with Crippen molar-refractivity contribution in [3.8, 4) is 0 Å². The van der Waals surface area contributed by atoms with Crippen molar-refractivity contribution in [1.29, 1.82) is 0 Å². The number of rotatable bonds is 17. The monoisotopic (exact) mass is 527 g/mol. The molecule has 30 heavy (non-hydrogen) atoms. The van der Waals surface area contributed by atoms with Crippen molar-refractivity contribution in [3.05, 3.63) is 0 Å². The zero-order chi connectivity index (χ0) is 23.7. The van der Waals surface area contributed by atoms with Gasteiger partial charge in [-0.25, -0.2) is 0 Å². The highest BCUT2D eigenvalue weighted by Gasteiger charge is 2.57. The first-order valence-corrected chi connectivity index (χ1v) is 20.0. The van der Waals surface area contributed by atoms with Crippen LogP contribution in [0.4, 0.5) is 0 Å². The van der Waals surface area contributed by atoms with Gasteiger partial charge < -0.3 is 67.2 Å². The molecule has 0 spiro atoms. The van der Waals surface area contributed by atoms with E-state index in [0.717, 1.165) is 13.1 Å². The minimum Gasteiger partial charge on any atom is -0.391 e. The van der Waals surface area contributed by atoms with Crippen molar-refractivity contribution < 1.29 is 50.0 Å². The van der Waals surface area contributed by atoms with Gasteiger partial charge in [-0.1, -0.05) is 0 Å². The van der Waals surface area contributed by atoms with E-state index in [1.165, 1.54) is 0 Å². The van der Waals surface area contributed by atoms with E-state index in [4.69, 9.17) is 33.7 Å². The molecule has 13 N–H and O–H groups in total. The Morgan fingerprint density at radius 3 is 1.37 bits per heavy atom. The highest BCUT2D eigenvalue weighted by atomic mass is 28.5. The van der Waals surface area contributed by atoms with Gasteiger partial charge in [-0.15, -0.1) is 0 Å².